The Kier molecular flexibility index (Phi) is 5.81. The van der Waals surface area contributed by atoms with Gasteiger partial charge in [-0.3, -0.25) is 0 Å². The summed E-state index contributed by atoms with van der Waals surface area (Å²) in [6.45, 7) is 2.53. The van der Waals surface area contributed by atoms with Crippen molar-refractivity contribution in [3.8, 4) is 28.5 Å². The van der Waals surface area contributed by atoms with Crippen LogP contribution < -0.4 is 15.2 Å². The quantitative estimate of drug-likeness (QED) is 0.616. The Balaban J connectivity index is 1.84. The molecule has 0 spiro atoms. The highest BCUT2D eigenvalue weighted by Crippen LogP contribution is 2.37. The molecule has 0 aliphatic rings. The molecule has 0 saturated heterocycles. The fraction of sp³-hybridized carbons (Fsp3) is 0.250. The molecular weight excluding hydrogens is 352 g/mol. The molecule has 0 aliphatic carbocycles. The molecule has 0 bridgehead atoms. The number of hydrogen-bond donors (Lipinski definition) is 1. The molecule has 0 radical (unpaired) electrons. The Hall–Kier alpha value is -2.50. The number of methoxy groups -OCH3 is 1. The lowest BCUT2D eigenvalue weighted by Crippen LogP contribution is -1.98. The Morgan fingerprint density at radius 2 is 1.88 bits per heavy atom. The van der Waals surface area contributed by atoms with Crippen LogP contribution in [0.5, 0.6) is 17.2 Å². The fourth-order valence-electron chi connectivity index (χ4n) is 2.60. The maximum atomic E-state index is 6.41. The third-order valence-corrected chi connectivity index (χ3v) is 4.26. The van der Waals surface area contributed by atoms with Gasteiger partial charge in [0, 0.05) is 24.6 Å². The van der Waals surface area contributed by atoms with E-state index in [2.05, 4.69) is 12.1 Å². The van der Waals surface area contributed by atoms with E-state index < -0.39 is 0 Å². The van der Waals surface area contributed by atoms with Crippen molar-refractivity contribution in [2.75, 3.05) is 7.11 Å². The van der Waals surface area contributed by atoms with Gasteiger partial charge in [0.1, 0.15) is 17.2 Å². The van der Waals surface area contributed by atoms with Gasteiger partial charge in [0.05, 0.1) is 12.1 Å². The van der Waals surface area contributed by atoms with Gasteiger partial charge in [-0.25, -0.2) is 0 Å². The van der Waals surface area contributed by atoms with Gasteiger partial charge in [0.25, 0.3) is 0 Å². The second-order valence-corrected chi connectivity index (χ2v) is 6.27. The first-order valence-corrected chi connectivity index (χ1v) is 8.82. The molecule has 3 rings (SSSR count). The van der Waals surface area contributed by atoms with Crippen molar-refractivity contribution in [3.05, 3.63) is 58.8 Å². The number of hydrogen-bond acceptors (Lipinski definition) is 5. The molecule has 1 heterocycles. The number of nitrogens with zero attached hydrogens (tertiary/aromatic N) is 1. The van der Waals surface area contributed by atoms with Crippen molar-refractivity contribution in [1.82, 2.24) is 5.16 Å². The zero-order chi connectivity index (χ0) is 18.5. The molecule has 3 aromatic rings. The van der Waals surface area contributed by atoms with Crippen LogP contribution in [0, 0.1) is 0 Å². The second-order valence-electron chi connectivity index (χ2n) is 5.87. The molecule has 0 fully saturated rings. The van der Waals surface area contributed by atoms with Gasteiger partial charge < -0.3 is 19.7 Å². The van der Waals surface area contributed by atoms with Crippen LogP contribution in [0.25, 0.3) is 11.3 Å². The smallest absolute Gasteiger partial charge is 0.169 e. The molecule has 5 nitrogen and oxygen atoms in total. The van der Waals surface area contributed by atoms with Crippen molar-refractivity contribution in [3.63, 3.8) is 0 Å². The number of ether oxygens (including phenoxy) is 2. The molecule has 0 aliphatic heterocycles. The Morgan fingerprint density at radius 1 is 1.08 bits per heavy atom. The van der Waals surface area contributed by atoms with Crippen LogP contribution in [0.2, 0.25) is 5.02 Å². The first-order chi connectivity index (χ1) is 12.6. The maximum Gasteiger partial charge on any atom is 0.169 e. The summed E-state index contributed by atoms with van der Waals surface area (Å²) in [4.78, 5) is 0. The molecular formula is C20H21ClN2O3. The third-order valence-electron chi connectivity index (χ3n) is 3.97. The SMILES string of the molecule is CCCc1cc(-c2ccc(Oc3ccc(CN)cc3OC)c(Cl)c2)no1. The van der Waals surface area contributed by atoms with E-state index in [4.69, 9.17) is 31.3 Å². The lowest BCUT2D eigenvalue weighted by Gasteiger charge is -2.13. The van der Waals surface area contributed by atoms with Crippen LogP contribution in [0.3, 0.4) is 0 Å². The monoisotopic (exact) mass is 372 g/mol. The summed E-state index contributed by atoms with van der Waals surface area (Å²) in [5.74, 6) is 2.58. The van der Waals surface area contributed by atoms with E-state index in [1.165, 1.54) is 0 Å². The first kappa shape index (κ1) is 18.3. The average Bonchev–Trinajstić information content (AvgIpc) is 3.12. The van der Waals surface area contributed by atoms with Gasteiger partial charge in [-0.05, 0) is 42.3 Å². The lowest BCUT2D eigenvalue weighted by molar-refractivity contribution is 0.378. The van der Waals surface area contributed by atoms with E-state index in [-0.39, 0.29) is 0 Å². The molecule has 0 saturated carbocycles. The first-order valence-electron chi connectivity index (χ1n) is 8.45. The summed E-state index contributed by atoms with van der Waals surface area (Å²) in [5, 5.41) is 4.58. The zero-order valence-electron chi connectivity index (χ0n) is 14.8. The lowest BCUT2D eigenvalue weighted by atomic mass is 10.1. The molecule has 1 aromatic heterocycles. The largest absolute Gasteiger partial charge is 0.493 e. The maximum absolute atomic E-state index is 6.41. The summed E-state index contributed by atoms with van der Waals surface area (Å²) in [6.07, 6.45) is 1.87. The van der Waals surface area contributed by atoms with Crippen molar-refractivity contribution in [2.24, 2.45) is 5.73 Å². The standard InChI is InChI=1S/C20H21ClN2O3/c1-3-4-15-11-17(23-26-15)14-6-8-18(16(21)10-14)25-19-7-5-13(12-22)9-20(19)24-2/h5-11H,3-4,12,22H2,1-2H3. The summed E-state index contributed by atoms with van der Waals surface area (Å²) >= 11 is 6.41. The van der Waals surface area contributed by atoms with Crippen LogP contribution in [0.15, 0.2) is 47.0 Å². The average molecular weight is 373 g/mol. The van der Waals surface area contributed by atoms with Crippen LogP contribution in [0.1, 0.15) is 24.7 Å². The van der Waals surface area contributed by atoms with Gasteiger partial charge >= 0.3 is 0 Å². The van der Waals surface area contributed by atoms with Crippen LogP contribution in [-0.2, 0) is 13.0 Å². The normalized spacial score (nSPS) is 10.8. The minimum absolute atomic E-state index is 0.434. The van der Waals surface area contributed by atoms with Crippen molar-refractivity contribution in [1.29, 1.82) is 0 Å². The van der Waals surface area contributed by atoms with Gasteiger partial charge in [0.15, 0.2) is 11.5 Å². The van der Waals surface area contributed by atoms with Crippen molar-refractivity contribution in [2.45, 2.75) is 26.3 Å². The predicted octanol–water partition coefficient (Wildman–Crippen LogP) is 5.21. The number of rotatable bonds is 7. The molecule has 0 amide bonds. The molecule has 6 heteroatoms. The topological polar surface area (TPSA) is 70.5 Å². The highest BCUT2D eigenvalue weighted by atomic mass is 35.5. The summed E-state index contributed by atoms with van der Waals surface area (Å²) in [5.41, 5.74) is 8.25. The predicted molar refractivity (Wildman–Crippen MR) is 102 cm³/mol. The number of aromatic nitrogens is 1. The molecule has 0 unspecified atom stereocenters. The Morgan fingerprint density at radius 3 is 2.58 bits per heavy atom. The summed E-state index contributed by atoms with van der Waals surface area (Å²) < 4.78 is 16.6. The van der Waals surface area contributed by atoms with E-state index in [1.54, 1.807) is 7.11 Å². The second kappa shape index (κ2) is 8.25. The Bertz CT molecular complexity index is 893. The van der Waals surface area contributed by atoms with Crippen LogP contribution in [-0.4, -0.2) is 12.3 Å². The Labute approximate surface area is 157 Å². The number of halogens is 1. The van der Waals surface area contributed by atoms with Gasteiger partial charge in [-0.1, -0.05) is 29.7 Å². The molecule has 136 valence electrons. The summed E-state index contributed by atoms with van der Waals surface area (Å²) in [6, 6.07) is 13.0. The van der Waals surface area contributed by atoms with Gasteiger partial charge in [-0.2, -0.15) is 0 Å². The number of aryl methyl sites for hydroxylation is 1. The van der Waals surface area contributed by atoms with E-state index in [0.717, 1.165) is 35.4 Å². The zero-order valence-corrected chi connectivity index (χ0v) is 15.5. The van der Waals surface area contributed by atoms with E-state index in [1.807, 2.05) is 42.5 Å². The minimum atomic E-state index is 0.434. The van der Waals surface area contributed by atoms with Gasteiger partial charge in [0.2, 0.25) is 0 Å². The molecule has 26 heavy (non-hydrogen) atoms. The van der Waals surface area contributed by atoms with Crippen LogP contribution in [0.4, 0.5) is 0 Å². The van der Waals surface area contributed by atoms with E-state index in [9.17, 15) is 0 Å². The van der Waals surface area contributed by atoms with Crippen LogP contribution >= 0.6 is 11.6 Å². The molecule has 0 atom stereocenters. The highest BCUT2D eigenvalue weighted by molar-refractivity contribution is 6.32. The van der Waals surface area contributed by atoms with Crippen molar-refractivity contribution < 1.29 is 14.0 Å². The number of benzene rings is 2. The van der Waals surface area contributed by atoms with Gasteiger partial charge in [-0.15, -0.1) is 0 Å². The van der Waals surface area contributed by atoms with E-state index >= 15 is 0 Å². The third kappa shape index (κ3) is 4.00. The number of nitrogens with two attached hydrogens (primary N) is 1. The highest BCUT2D eigenvalue weighted by Gasteiger charge is 2.12. The van der Waals surface area contributed by atoms with E-state index in [0.29, 0.717) is 28.8 Å². The minimum Gasteiger partial charge on any atom is -0.493 e. The van der Waals surface area contributed by atoms with Crippen molar-refractivity contribution >= 4 is 11.6 Å². The molecule has 2 N–H and O–H groups in total. The molecule has 2 aromatic carbocycles. The summed E-state index contributed by atoms with van der Waals surface area (Å²) in [7, 11) is 1.59. The fourth-order valence-corrected chi connectivity index (χ4v) is 2.82.